The lowest BCUT2D eigenvalue weighted by atomic mass is 10.1. The van der Waals surface area contributed by atoms with Crippen molar-refractivity contribution < 1.29 is 0 Å². The zero-order chi connectivity index (χ0) is 14.7. The first kappa shape index (κ1) is 15.3. The third-order valence-corrected chi connectivity index (χ3v) is 4.22. The van der Waals surface area contributed by atoms with Gasteiger partial charge in [0.15, 0.2) is 0 Å². The SMILES string of the molecule is CC(C)NCc1cc(N2CC(C)N(C)C(C)C2)ccn1. The van der Waals surface area contributed by atoms with E-state index in [4.69, 9.17) is 0 Å². The summed E-state index contributed by atoms with van der Waals surface area (Å²) in [5.41, 5.74) is 2.42. The van der Waals surface area contributed by atoms with E-state index < -0.39 is 0 Å². The van der Waals surface area contributed by atoms with Crippen LogP contribution in [0.5, 0.6) is 0 Å². The van der Waals surface area contributed by atoms with Crippen LogP contribution in [0, 0.1) is 0 Å². The predicted molar refractivity (Wildman–Crippen MR) is 85.1 cm³/mol. The minimum atomic E-state index is 0.490. The van der Waals surface area contributed by atoms with Crippen LogP contribution >= 0.6 is 0 Å². The highest BCUT2D eigenvalue weighted by atomic mass is 15.3. The van der Waals surface area contributed by atoms with Gasteiger partial charge in [-0.3, -0.25) is 9.88 Å². The number of hydrogen-bond donors (Lipinski definition) is 1. The first-order valence-electron chi connectivity index (χ1n) is 7.62. The van der Waals surface area contributed by atoms with E-state index in [1.165, 1.54) is 5.69 Å². The maximum atomic E-state index is 4.46. The normalized spacial score (nSPS) is 24.4. The lowest BCUT2D eigenvalue weighted by Crippen LogP contribution is -2.55. The van der Waals surface area contributed by atoms with Crippen LogP contribution in [-0.4, -0.2) is 48.1 Å². The van der Waals surface area contributed by atoms with Gasteiger partial charge in [-0.05, 0) is 33.0 Å². The highest BCUT2D eigenvalue weighted by Gasteiger charge is 2.26. The molecule has 1 saturated heterocycles. The fourth-order valence-electron chi connectivity index (χ4n) is 2.68. The number of likely N-dealkylation sites (N-methyl/N-ethyl adjacent to an activating group) is 1. The van der Waals surface area contributed by atoms with Crippen LogP contribution in [0.15, 0.2) is 18.3 Å². The Bertz CT molecular complexity index is 420. The van der Waals surface area contributed by atoms with Crippen LogP contribution in [0.2, 0.25) is 0 Å². The molecule has 4 heteroatoms. The van der Waals surface area contributed by atoms with Gasteiger partial charge in [-0.1, -0.05) is 13.8 Å². The van der Waals surface area contributed by atoms with E-state index in [1.54, 1.807) is 0 Å². The van der Waals surface area contributed by atoms with Crippen molar-refractivity contribution in [3.05, 3.63) is 24.0 Å². The van der Waals surface area contributed by atoms with Gasteiger partial charge in [-0.2, -0.15) is 0 Å². The Labute approximate surface area is 123 Å². The minimum Gasteiger partial charge on any atom is -0.368 e. The second kappa shape index (κ2) is 6.55. The van der Waals surface area contributed by atoms with Crippen LogP contribution in [-0.2, 0) is 6.54 Å². The summed E-state index contributed by atoms with van der Waals surface area (Å²) in [6, 6.07) is 6.02. The van der Waals surface area contributed by atoms with Gasteiger partial charge in [-0.15, -0.1) is 0 Å². The number of aromatic nitrogens is 1. The summed E-state index contributed by atoms with van der Waals surface area (Å²) in [4.78, 5) is 9.40. The molecule has 1 aliphatic heterocycles. The predicted octanol–water partition coefficient (Wildman–Crippen LogP) is 2.11. The summed E-state index contributed by atoms with van der Waals surface area (Å²) in [6.07, 6.45) is 1.93. The van der Waals surface area contributed by atoms with Crippen LogP contribution in [0.1, 0.15) is 33.4 Å². The molecule has 1 N–H and O–H groups in total. The van der Waals surface area contributed by atoms with Crippen molar-refractivity contribution in [2.45, 2.75) is 52.4 Å². The molecular weight excluding hydrogens is 248 g/mol. The standard InChI is InChI=1S/C16H28N4/c1-12(2)18-9-15-8-16(6-7-17-15)20-10-13(3)19(5)14(4)11-20/h6-8,12-14,18H,9-11H2,1-5H3. The Hall–Kier alpha value is -1.13. The Kier molecular flexibility index (Phi) is 5.00. The first-order chi connectivity index (χ1) is 9.47. The maximum absolute atomic E-state index is 4.46. The molecule has 112 valence electrons. The molecule has 1 aliphatic rings. The number of hydrogen-bond acceptors (Lipinski definition) is 4. The average molecular weight is 276 g/mol. The lowest BCUT2D eigenvalue weighted by molar-refractivity contribution is 0.170. The van der Waals surface area contributed by atoms with E-state index in [2.05, 4.69) is 67.0 Å². The van der Waals surface area contributed by atoms with Gasteiger partial charge >= 0.3 is 0 Å². The molecule has 2 heterocycles. The smallest absolute Gasteiger partial charge is 0.0562 e. The van der Waals surface area contributed by atoms with Crippen molar-refractivity contribution >= 4 is 5.69 Å². The van der Waals surface area contributed by atoms with Crippen LogP contribution in [0.25, 0.3) is 0 Å². The number of anilines is 1. The van der Waals surface area contributed by atoms with Gasteiger partial charge in [0.25, 0.3) is 0 Å². The van der Waals surface area contributed by atoms with Crippen molar-refractivity contribution in [1.82, 2.24) is 15.2 Å². The Morgan fingerprint density at radius 1 is 1.30 bits per heavy atom. The monoisotopic (exact) mass is 276 g/mol. The first-order valence-corrected chi connectivity index (χ1v) is 7.62. The molecule has 1 aromatic heterocycles. The van der Waals surface area contributed by atoms with Gasteiger partial charge in [0.1, 0.15) is 0 Å². The van der Waals surface area contributed by atoms with Crippen molar-refractivity contribution in [2.24, 2.45) is 0 Å². The van der Waals surface area contributed by atoms with E-state index >= 15 is 0 Å². The minimum absolute atomic E-state index is 0.490. The number of nitrogens with zero attached hydrogens (tertiary/aromatic N) is 3. The topological polar surface area (TPSA) is 31.4 Å². The lowest BCUT2D eigenvalue weighted by Gasteiger charge is -2.43. The van der Waals surface area contributed by atoms with Crippen molar-refractivity contribution in [1.29, 1.82) is 0 Å². The summed E-state index contributed by atoms with van der Waals surface area (Å²) in [5, 5.41) is 3.43. The zero-order valence-electron chi connectivity index (χ0n) is 13.4. The fraction of sp³-hybridized carbons (Fsp3) is 0.688. The number of nitrogens with one attached hydrogen (secondary N) is 1. The summed E-state index contributed by atoms with van der Waals surface area (Å²) in [5.74, 6) is 0. The van der Waals surface area contributed by atoms with E-state index in [9.17, 15) is 0 Å². The van der Waals surface area contributed by atoms with Gasteiger partial charge in [0.2, 0.25) is 0 Å². The summed E-state index contributed by atoms with van der Waals surface area (Å²) < 4.78 is 0. The molecule has 2 unspecified atom stereocenters. The molecule has 1 fully saturated rings. The van der Waals surface area contributed by atoms with E-state index in [-0.39, 0.29) is 0 Å². The molecule has 2 rings (SSSR count). The number of piperazine rings is 1. The fourth-order valence-corrected chi connectivity index (χ4v) is 2.68. The molecule has 2 atom stereocenters. The molecule has 0 spiro atoms. The molecule has 4 nitrogen and oxygen atoms in total. The highest BCUT2D eigenvalue weighted by molar-refractivity contribution is 5.47. The summed E-state index contributed by atoms with van der Waals surface area (Å²) >= 11 is 0. The molecule has 1 aromatic rings. The highest BCUT2D eigenvalue weighted by Crippen LogP contribution is 2.21. The molecule has 0 amide bonds. The summed E-state index contributed by atoms with van der Waals surface area (Å²) in [7, 11) is 2.22. The molecule has 20 heavy (non-hydrogen) atoms. The second-order valence-electron chi connectivity index (χ2n) is 6.31. The molecule has 0 saturated carbocycles. The second-order valence-corrected chi connectivity index (χ2v) is 6.31. The third-order valence-electron chi connectivity index (χ3n) is 4.22. The van der Waals surface area contributed by atoms with Crippen molar-refractivity contribution in [2.75, 3.05) is 25.0 Å². The Morgan fingerprint density at radius 2 is 1.95 bits per heavy atom. The molecule has 0 radical (unpaired) electrons. The molecular formula is C16H28N4. The Morgan fingerprint density at radius 3 is 2.55 bits per heavy atom. The zero-order valence-corrected chi connectivity index (χ0v) is 13.4. The molecule has 0 aliphatic carbocycles. The number of pyridine rings is 1. The van der Waals surface area contributed by atoms with Gasteiger partial charge in [-0.25, -0.2) is 0 Å². The number of rotatable bonds is 4. The molecule has 0 aromatic carbocycles. The molecule has 0 bridgehead atoms. The Balaban J connectivity index is 2.07. The van der Waals surface area contributed by atoms with Crippen LogP contribution in [0.4, 0.5) is 5.69 Å². The average Bonchev–Trinajstić information content (AvgIpc) is 2.42. The van der Waals surface area contributed by atoms with Gasteiger partial charge in [0.05, 0.1) is 5.69 Å². The van der Waals surface area contributed by atoms with Crippen molar-refractivity contribution in [3.8, 4) is 0 Å². The van der Waals surface area contributed by atoms with Gasteiger partial charge < -0.3 is 10.2 Å². The van der Waals surface area contributed by atoms with Crippen LogP contribution < -0.4 is 10.2 Å². The largest absolute Gasteiger partial charge is 0.368 e. The van der Waals surface area contributed by atoms with Crippen LogP contribution in [0.3, 0.4) is 0 Å². The maximum Gasteiger partial charge on any atom is 0.0562 e. The van der Waals surface area contributed by atoms with E-state index in [1.807, 2.05) is 6.20 Å². The van der Waals surface area contributed by atoms with Gasteiger partial charge in [0, 0.05) is 49.6 Å². The summed E-state index contributed by atoms with van der Waals surface area (Å²) in [6.45, 7) is 11.9. The van der Waals surface area contributed by atoms with E-state index in [0.717, 1.165) is 25.3 Å². The third kappa shape index (κ3) is 3.70. The quantitative estimate of drug-likeness (QED) is 0.912. The van der Waals surface area contributed by atoms with Crippen molar-refractivity contribution in [3.63, 3.8) is 0 Å². The van der Waals surface area contributed by atoms with E-state index in [0.29, 0.717) is 18.1 Å².